The number of anilines is 1. The number of fused-ring (bicyclic) bond motifs is 1. The highest BCUT2D eigenvalue weighted by Crippen LogP contribution is 2.31. The van der Waals surface area contributed by atoms with Crippen molar-refractivity contribution in [2.24, 2.45) is 0 Å². The monoisotopic (exact) mass is 256 g/mol. The molecule has 3 rings (SSSR count). The van der Waals surface area contributed by atoms with Gasteiger partial charge >= 0.3 is 0 Å². The number of nitrogen functional groups attached to an aromatic ring is 1. The molecule has 0 fully saturated rings. The number of hydrogen-bond donors (Lipinski definition) is 2. The van der Waals surface area contributed by atoms with Gasteiger partial charge in [0.05, 0.1) is 17.9 Å². The van der Waals surface area contributed by atoms with Crippen molar-refractivity contribution in [2.45, 2.75) is 25.3 Å². The van der Waals surface area contributed by atoms with Crippen molar-refractivity contribution in [3.05, 3.63) is 53.5 Å². The summed E-state index contributed by atoms with van der Waals surface area (Å²) in [7, 11) is 0. The van der Waals surface area contributed by atoms with Gasteiger partial charge in [-0.05, 0) is 48.6 Å². The molecule has 1 heterocycles. The quantitative estimate of drug-likeness (QED) is 0.812. The van der Waals surface area contributed by atoms with E-state index in [2.05, 4.69) is 5.32 Å². The fourth-order valence-electron chi connectivity index (χ4n) is 2.62. The molecule has 0 saturated heterocycles. The minimum atomic E-state index is -0.0941. The maximum absolute atomic E-state index is 12.1. The Kier molecular flexibility index (Phi) is 2.99. The zero-order chi connectivity index (χ0) is 13.2. The third kappa shape index (κ3) is 2.34. The number of benzene rings is 1. The fraction of sp³-hybridized carbons (Fsp3) is 0.267. The van der Waals surface area contributed by atoms with Gasteiger partial charge in [-0.15, -0.1) is 0 Å². The molecule has 0 bridgehead atoms. The van der Waals surface area contributed by atoms with Crippen LogP contribution in [0.4, 0.5) is 5.69 Å². The van der Waals surface area contributed by atoms with E-state index in [1.807, 2.05) is 18.2 Å². The van der Waals surface area contributed by atoms with Crippen LogP contribution in [0.25, 0.3) is 0 Å². The topological polar surface area (TPSA) is 68.3 Å². The minimum Gasteiger partial charge on any atom is -0.472 e. The molecule has 3 N–H and O–H groups in total. The van der Waals surface area contributed by atoms with Gasteiger partial charge in [0.2, 0.25) is 0 Å². The van der Waals surface area contributed by atoms with Gasteiger partial charge in [-0.3, -0.25) is 4.79 Å². The largest absolute Gasteiger partial charge is 0.472 e. The Morgan fingerprint density at radius 1 is 1.37 bits per heavy atom. The van der Waals surface area contributed by atoms with Crippen molar-refractivity contribution in [1.29, 1.82) is 0 Å². The molecule has 0 saturated carbocycles. The third-order valence-electron chi connectivity index (χ3n) is 3.57. The second kappa shape index (κ2) is 4.80. The molecule has 1 aromatic heterocycles. The second-order valence-corrected chi connectivity index (χ2v) is 4.89. The molecular weight excluding hydrogens is 240 g/mol. The van der Waals surface area contributed by atoms with Crippen LogP contribution in [-0.2, 0) is 6.42 Å². The van der Waals surface area contributed by atoms with E-state index in [9.17, 15) is 4.79 Å². The van der Waals surface area contributed by atoms with E-state index in [1.54, 1.807) is 6.07 Å². The van der Waals surface area contributed by atoms with Crippen LogP contribution in [0.1, 0.15) is 40.4 Å². The van der Waals surface area contributed by atoms with E-state index in [0.717, 1.165) is 24.9 Å². The number of rotatable bonds is 2. The molecule has 0 spiro atoms. The second-order valence-electron chi connectivity index (χ2n) is 4.89. The number of amides is 1. The maximum atomic E-state index is 12.1. The predicted molar refractivity (Wildman–Crippen MR) is 72.7 cm³/mol. The van der Waals surface area contributed by atoms with Crippen molar-refractivity contribution in [3.63, 3.8) is 0 Å². The highest BCUT2D eigenvalue weighted by molar-refractivity contribution is 5.94. The van der Waals surface area contributed by atoms with Crippen molar-refractivity contribution < 1.29 is 9.21 Å². The lowest BCUT2D eigenvalue weighted by Gasteiger charge is -2.26. The molecule has 1 unspecified atom stereocenters. The predicted octanol–water partition coefficient (Wildman–Crippen LogP) is 2.67. The van der Waals surface area contributed by atoms with Gasteiger partial charge < -0.3 is 15.5 Å². The number of furan rings is 1. The molecule has 4 nitrogen and oxygen atoms in total. The van der Waals surface area contributed by atoms with Crippen LogP contribution < -0.4 is 11.1 Å². The van der Waals surface area contributed by atoms with Crippen LogP contribution in [0.5, 0.6) is 0 Å². The summed E-state index contributed by atoms with van der Waals surface area (Å²) in [6, 6.07) is 7.64. The Balaban J connectivity index is 1.82. The van der Waals surface area contributed by atoms with Crippen LogP contribution in [0.2, 0.25) is 0 Å². The first-order valence-electron chi connectivity index (χ1n) is 6.45. The molecule has 0 radical (unpaired) electrons. The first-order valence-corrected chi connectivity index (χ1v) is 6.45. The van der Waals surface area contributed by atoms with Gasteiger partial charge in [0, 0.05) is 5.69 Å². The smallest absolute Gasteiger partial charge is 0.255 e. The molecular formula is C15H16N2O2. The number of hydrogen-bond acceptors (Lipinski definition) is 3. The van der Waals surface area contributed by atoms with Crippen molar-refractivity contribution >= 4 is 11.6 Å². The Morgan fingerprint density at radius 3 is 3.05 bits per heavy atom. The van der Waals surface area contributed by atoms with Gasteiger partial charge in [0.15, 0.2) is 0 Å². The standard InChI is InChI=1S/C15H16N2O2/c16-12-4-5-13-10(8-12)2-1-3-14(13)17-15(18)11-6-7-19-9-11/h4-9,14H,1-3,16H2,(H,17,18). The lowest BCUT2D eigenvalue weighted by Crippen LogP contribution is -2.30. The number of nitrogens with two attached hydrogens (primary N) is 1. The molecule has 2 aromatic rings. The van der Waals surface area contributed by atoms with E-state index >= 15 is 0 Å². The fourth-order valence-corrected chi connectivity index (χ4v) is 2.62. The van der Waals surface area contributed by atoms with E-state index in [-0.39, 0.29) is 11.9 Å². The first kappa shape index (κ1) is 11.8. The molecule has 1 aromatic carbocycles. The third-order valence-corrected chi connectivity index (χ3v) is 3.57. The molecule has 4 heteroatoms. The van der Waals surface area contributed by atoms with E-state index in [1.165, 1.54) is 23.7 Å². The zero-order valence-corrected chi connectivity index (χ0v) is 10.6. The van der Waals surface area contributed by atoms with E-state index < -0.39 is 0 Å². The summed E-state index contributed by atoms with van der Waals surface area (Å²) < 4.78 is 4.93. The minimum absolute atomic E-state index is 0.0618. The lowest BCUT2D eigenvalue weighted by atomic mass is 9.87. The summed E-state index contributed by atoms with van der Waals surface area (Å²) in [5, 5.41) is 3.06. The van der Waals surface area contributed by atoms with Gasteiger partial charge in [0.25, 0.3) is 5.91 Å². The Hall–Kier alpha value is -2.23. The maximum Gasteiger partial charge on any atom is 0.255 e. The van der Waals surface area contributed by atoms with E-state index in [4.69, 9.17) is 10.2 Å². The van der Waals surface area contributed by atoms with Gasteiger partial charge in [-0.25, -0.2) is 0 Å². The van der Waals surface area contributed by atoms with Crippen molar-refractivity contribution in [2.75, 3.05) is 5.73 Å². The van der Waals surface area contributed by atoms with Crippen LogP contribution in [0.3, 0.4) is 0 Å². The molecule has 1 atom stereocenters. The summed E-state index contributed by atoms with van der Waals surface area (Å²) in [6.45, 7) is 0. The summed E-state index contributed by atoms with van der Waals surface area (Å²) >= 11 is 0. The SMILES string of the molecule is Nc1ccc2c(c1)CCCC2NC(=O)c1ccoc1. The Morgan fingerprint density at radius 2 is 2.26 bits per heavy atom. The number of aryl methyl sites for hydroxylation is 1. The van der Waals surface area contributed by atoms with Crippen molar-refractivity contribution in [3.8, 4) is 0 Å². The molecule has 19 heavy (non-hydrogen) atoms. The van der Waals surface area contributed by atoms with Gasteiger partial charge in [0.1, 0.15) is 6.26 Å². The van der Waals surface area contributed by atoms with E-state index in [0.29, 0.717) is 5.56 Å². The highest BCUT2D eigenvalue weighted by Gasteiger charge is 2.22. The number of carbonyl (C=O) groups is 1. The Labute approximate surface area is 111 Å². The molecule has 1 aliphatic rings. The average Bonchev–Trinajstić information content (AvgIpc) is 2.92. The van der Waals surface area contributed by atoms with Crippen LogP contribution in [0, 0.1) is 0 Å². The first-order chi connectivity index (χ1) is 9.24. The summed E-state index contributed by atoms with van der Waals surface area (Å²) in [5.74, 6) is -0.0941. The molecule has 98 valence electrons. The lowest BCUT2D eigenvalue weighted by molar-refractivity contribution is 0.0932. The number of nitrogens with one attached hydrogen (secondary N) is 1. The Bertz CT molecular complexity index is 590. The summed E-state index contributed by atoms with van der Waals surface area (Å²) in [6.07, 6.45) is 6.01. The van der Waals surface area contributed by atoms with Crippen LogP contribution in [0.15, 0.2) is 41.2 Å². The average molecular weight is 256 g/mol. The molecule has 1 amide bonds. The van der Waals surface area contributed by atoms with Crippen LogP contribution >= 0.6 is 0 Å². The van der Waals surface area contributed by atoms with Gasteiger partial charge in [-0.1, -0.05) is 6.07 Å². The number of carbonyl (C=O) groups excluding carboxylic acids is 1. The van der Waals surface area contributed by atoms with Gasteiger partial charge in [-0.2, -0.15) is 0 Å². The molecule has 1 aliphatic carbocycles. The summed E-state index contributed by atoms with van der Waals surface area (Å²) in [4.78, 5) is 12.1. The summed E-state index contributed by atoms with van der Waals surface area (Å²) in [5.41, 5.74) is 9.56. The molecule has 0 aliphatic heterocycles. The van der Waals surface area contributed by atoms with Crippen LogP contribution in [-0.4, -0.2) is 5.91 Å². The normalized spacial score (nSPS) is 17.8. The van der Waals surface area contributed by atoms with Crippen molar-refractivity contribution in [1.82, 2.24) is 5.32 Å². The zero-order valence-electron chi connectivity index (χ0n) is 10.6. The highest BCUT2D eigenvalue weighted by atomic mass is 16.3.